The van der Waals surface area contributed by atoms with Crippen molar-refractivity contribution >= 4 is 137 Å². The number of carbonyl (C=O) groups excluding carboxylic acids is 3. The highest BCUT2D eigenvalue weighted by atomic mass is 16.2. The molecule has 0 unspecified atom stereocenters. The first-order valence-corrected chi connectivity index (χ1v) is 19.1. The largest absolute Gasteiger partial charge is 0.327 e. The number of aryl methyl sites for hydroxylation is 1. The van der Waals surface area contributed by atoms with E-state index in [4.69, 9.17) is 4.98 Å². The fourth-order valence-electron chi connectivity index (χ4n) is 11.0. The number of hydrogen-bond donors (Lipinski definition) is 1. The minimum Gasteiger partial charge on any atom is -0.327 e. The Balaban J connectivity index is 1.12. The maximum atomic E-state index is 13.0. The van der Waals surface area contributed by atoms with E-state index < -0.39 is 0 Å². The van der Waals surface area contributed by atoms with Gasteiger partial charge in [0.25, 0.3) is 11.8 Å². The van der Waals surface area contributed by atoms with Crippen molar-refractivity contribution in [2.45, 2.75) is 0 Å². The van der Waals surface area contributed by atoms with E-state index in [0.29, 0.717) is 16.7 Å². The summed E-state index contributed by atoms with van der Waals surface area (Å²) in [5.41, 5.74) is 4.63. The number of hydrogen-bond acceptors (Lipinski definition) is 4. The van der Waals surface area contributed by atoms with Crippen LogP contribution in [0.3, 0.4) is 0 Å². The Morgan fingerprint density at radius 2 is 0.807 bits per heavy atom. The van der Waals surface area contributed by atoms with Crippen molar-refractivity contribution in [2.24, 2.45) is 7.05 Å². The predicted octanol–water partition coefficient (Wildman–Crippen LogP) is 11.8. The molecular formula is C51H25N3O3. The Bertz CT molecular complexity index is 3910. The van der Waals surface area contributed by atoms with Gasteiger partial charge >= 0.3 is 0 Å². The number of nitrogens with one attached hydrogen (secondary N) is 1. The first kappa shape index (κ1) is 29.6. The molecule has 0 atom stereocenters. The third-order valence-electron chi connectivity index (χ3n) is 13.3. The number of fused-ring (bicyclic) bond motifs is 7. The third kappa shape index (κ3) is 3.29. The van der Waals surface area contributed by atoms with Crippen LogP contribution in [0.25, 0.3) is 130 Å². The number of imidazole rings is 1. The van der Waals surface area contributed by atoms with Crippen molar-refractivity contribution in [3.8, 4) is 11.4 Å². The predicted molar refractivity (Wildman–Crippen MR) is 232 cm³/mol. The molecule has 0 fully saturated rings. The van der Waals surface area contributed by atoms with Gasteiger partial charge in [-0.25, -0.2) is 4.98 Å². The average molecular weight is 728 g/mol. The molecule has 0 saturated heterocycles. The van der Waals surface area contributed by atoms with Gasteiger partial charge in [0.1, 0.15) is 5.82 Å². The zero-order chi connectivity index (χ0) is 37.6. The molecule has 2 amide bonds. The fourth-order valence-corrected chi connectivity index (χ4v) is 11.0. The number of para-hydroxylation sites is 2. The van der Waals surface area contributed by atoms with Crippen LogP contribution in [0.15, 0.2) is 121 Å². The number of amides is 2. The van der Waals surface area contributed by atoms with Crippen molar-refractivity contribution in [1.82, 2.24) is 14.9 Å². The van der Waals surface area contributed by atoms with Gasteiger partial charge in [-0.3, -0.25) is 19.7 Å². The molecule has 0 aliphatic carbocycles. The molecule has 12 aromatic carbocycles. The van der Waals surface area contributed by atoms with Crippen LogP contribution in [0.1, 0.15) is 31.1 Å². The fraction of sp³-hybridized carbons (Fsp3) is 0.0196. The molecule has 0 saturated carbocycles. The van der Waals surface area contributed by atoms with Crippen LogP contribution in [0, 0.1) is 0 Å². The van der Waals surface area contributed by atoms with Gasteiger partial charge in [0, 0.05) is 40.1 Å². The third-order valence-corrected chi connectivity index (χ3v) is 13.3. The Morgan fingerprint density at radius 3 is 1.25 bits per heavy atom. The van der Waals surface area contributed by atoms with Crippen LogP contribution < -0.4 is 5.32 Å². The van der Waals surface area contributed by atoms with Gasteiger partial charge in [0.2, 0.25) is 0 Å². The van der Waals surface area contributed by atoms with Crippen LogP contribution in [-0.4, -0.2) is 27.7 Å². The highest BCUT2D eigenvalue weighted by Gasteiger charge is 2.29. The molecule has 1 aliphatic rings. The molecule has 1 aliphatic heterocycles. The van der Waals surface area contributed by atoms with E-state index in [-0.39, 0.29) is 11.8 Å². The molecule has 57 heavy (non-hydrogen) atoms. The molecule has 6 nitrogen and oxygen atoms in total. The summed E-state index contributed by atoms with van der Waals surface area (Å²) >= 11 is 0. The normalized spacial score (nSPS) is 13.6. The van der Waals surface area contributed by atoms with E-state index in [2.05, 4.69) is 82.7 Å². The maximum Gasteiger partial charge on any atom is 0.258 e. The summed E-state index contributed by atoms with van der Waals surface area (Å²) in [5, 5.41) is 24.7. The highest BCUT2D eigenvalue weighted by molar-refractivity contribution is 6.47. The van der Waals surface area contributed by atoms with Gasteiger partial charge in [-0.05, 0) is 127 Å². The summed E-state index contributed by atoms with van der Waals surface area (Å²) < 4.78 is 2.12. The van der Waals surface area contributed by atoms with E-state index in [1.807, 2.05) is 55.6 Å². The molecule has 13 aromatic rings. The number of benzene rings is 12. The Labute approximate surface area is 321 Å². The maximum absolute atomic E-state index is 13.0. The zero-order valence-corrected chi connectivity index (χ0v) is 30.2. The monoisotopic (exact) mass is 727 g/mol. The van der Waals surface area contributed by atoms with Gasteiger partial charge in [-0.2, -0.15) is 0 Å². The minimum absolute atomic E-state index is 0.353. The lowest BCUT2D eigenvalue weighted by Crippen LogP contribution is -2.34. The molecular weight excluding hydrogens is 703 g/mol. The lowest BCUT2D eigenvalue weighted by Gasteiger charge is -2.23. The average Bonchev–Trinajstić information content (AvgIpc) is 3.58. The summed E-state index contributed by atoms with van der Waals surface area (Å²) in [5.74, 6) is 0.126. The van der Waals surface area contributed by atoms with Crippen LogP contribution >= 0.6 is 0 Å². The first-order valence-electron chi connectivity index (χ1n) is 19.1. The van der Waals surface area contributed by atoms with Crippen molar-refractivity contribution in [2.75, 3.05) is 0 Å². The number of aldehydes is 1. The Hall–Kier alpha value is -7.70. The lowest BCUT2D eigenvalue weighted by molar-refractivity contribution is 0.0844. The van der Waals surface area contributed by atoms with E-state index in [1.54, 1.807) is 0 Å². The van der Waals surface area contributed by atoms with Gasteiger partial charge in [-0.1, -0.05) is 91.0 Å². The number of carbonyl (C=O) groups is 3. The topological polar surface area (TPSA) is 81.1 Å². The summed E-state index contributed by atoms with van der Waals surface area (Å²) in [6, 6.07) is 42.5. The molecule has 0 radical (unpaired) electrons. The standard InChI is InChI=1S/C51H25N3O3/c1-54-40-5-3-2-4-39(40)52-49(54)36-19-16-25-27-9-11-29-31-13-15-33-35-18-21-38-48-37(50(56)53-51(38)57)20-17-34(47(35)48)32-14-12-30(45(31)46(32)33)28-10-8-26(43(27)44(28)29)24-7-6-23(22-55)41(36)42(24)25/h2-22H,1H3,(H,53,56,57). The van der Waals surface area contributed by atoms with Gasteiger partial charge in [0.15, 0.2) is 6.29 Å². The lowest BCUT2D eigenvalue weighted by atomic mass is 9.80. The highest BCUT2D eigenvalue weighted by Crippen LogP contribution is 2.51. The number of nitrogens with zero attached hydrogens (tertiary/aromatic N) is 2. The van der Waals surface area contributed by atoms with Crippen molar-refractivity contribution in [1.29, 1.82) is 0 Å². The number of aromatic nitrogens is 2. The summed E-state index contributed by atoms with van der Waals surface area (Å²) in [6.45, 7) is 0. The van der Waals surface area contributed by atoms with E-state index >= 15 is 0 Å². The smallest absolute Gasteiger partial charge is 0.258 e. The van der Waals surface area contributed by atoms with E-state index in [1.165, 1.54) is 43.1 Å². The zero-order valence-electron chi connectivity index (χ0n) is 30.2. The Morgan fingerprint density at radius 1 is 0.439 bits per heavy atom. The van der Waals surface area contributed by atoms with Crippen molar-refractivity contribution in [3.63, 3.8) is 0 Å². The Kier molecular flexibility index (Phi) is 5.07. The number of rotatable bonds is 2. The van der Waals surface area contributed by atoms with Crippen molar-refractivity contribution in [3.05, 3.63) is 138 Å². The molecule has 1 aromatic heterocycles. The van der Waals surface area contributed by atoms with Gasteiger partial charge < -0.3 is 4.57 Å². The second-order valence-corrected chi connectivity index (χ2v) is 15.7. The van der Waals surface area contributed by atoms with Gasteiger partial charge in [-0.15, -0.1) is 0 Å². The van der Waals surface area contributed by atoms with E-state index in [0.717, 1.165) is 93.3 Å². The molecule has 0 spiro atoms. The molecule has 14 rings (SSSR count). The van der Waals surface area contributed by atoms with Crippen LogP contribution in [0.4, 0.5) is 0 Å². The first-order chi connectivity index (χ1) is 28.0. The quantitative estimate of drug-likeness (QED) is 0.0832. The molecule has 0 bridgehead atoms. The van der Waals surface area contributed by atoms with Crippen LogP contribution in [0.2, 0.25) is 0 Å². The molecule has 1 N–H and O–H groups in total. The van der Waals surface area contributed by atoms with Gasteiger partial charge in [0.05, 0.1) is 11.0 Å². The number of imide groups is 1. The van der Waals surface area contributed by atoms with Crippen LogP contribution in [-0.2, 0) is 7.05 Å². The summed E-state index contributed by atoms with van der Waals surface area (Å²) in [7, 11) is 2.04. The second-order valence-electron chi connectivity index (χ2n) is 15.7. The summed E-state index contributed by atoms with van der Waals surface area (Å²) in [4.78, 5) is 43.8. The molecule has 6 heteroatoms. The summed E-state index contributed by atoms with van der Waals surface area (Å²) in [6.07, 6.45) is 0.974. The molecule has 2 heterocycles. The van der Waals surface area contributed by atoms with Crippen LogP contribution in [0.5, 0.6) is 0 Å². The van der Waals surface area contributed by atoms with E-state index in [9.17, 15) is 14.4 Å². The second kappa shape index (κ2) is 9.75. The minimum atomic E-state index is -0.353. The van der Waals surface area contributed by atoms with Crippen molar-refractivity contribution < 1.29 is 14.4 Å². The SMILES string of the molecule is Cn1c(-c2ccc3c4ccc5c6ccc7c8ccc9c%10c(ccc(c%11ccc(c%12ccc(c%13ccc(C=O)c2c%133)c4c%125)c6c%117)c%108)C(=O)NC9=O)nc2ccccc21. The molecule has 262 valence electrons.